The fourth-order valence-electron chi connectivity index (χ4n) is 4.24. The maximum Gasteiger partial charge on any atom is 0.135 e. The number of hydrogen-bond donors (Lipinski definition) is 0. The predicted molar refractivity (Wildman–Crippen MR) is 112 cm³/mol. The van der Waals surface area contributed by atoms with Crippen LogP contribution in [0.2, 0.25) is 0 Å². The molecule has 2 aromatic carbocycles. The number of aryl methyl sites for hydroxylation is 1. The molecule has 0 N–H and O–H groups in total. The van der Waals surface area contributed by atoms with Gasteiger partial charge in [-0.2, -0.15) is 0 Å². The Bertz CT molecular complexity index is 1120. The normalized spacial score (nSPS) is 14.7. The third-order valence-corrected chi connectivity index (χ3v) is 5.73. The molecule has 0 atom stereocenters. The van der Waals surface area contributed by atoms with Gasteiger partial charge in [-0.3, -0.25) is 4.90 Å². The van der Waals surface area contributed by atoms with Crippen LogP contribution in [0, 0.1) is 6.92 Å². The van der Waals surface area contributed by atoms with Gasteiger partial charge in [-0.15, -0.1) is 10.2 Å². The molecule has 1 aliphatic heterocycles. The minimum Gasteiger partial charge on any atom is -0.496 e. The molecule has 0 fully saturated rings. The van der Waals surface area contributed by atoms with Gasteiger partial charge in [-0.05, 0) is 24.6 Å². The fourth-order valence-corrected chi connectivity index (χ4v) is 4.24. The second-order valence-electron chi connectivity index (χ2n) is 7.53. The van der Waals surface area contributed by atoms with Crippen molar-refractivity contribution in [2.75, 3.05) is 20.2 Å². The highest BCUT2D eigenvalue weighted by molar-refractivity contribution is 5.97. The average Bonchev–Trinajstić information content (AvgIpc) is 3.27. The van der Waals surface area contributed by atoms with E-state index in [9.17, 15) is 0 Å². The summed E-state index contributed by atoms with van der Waals surface area (Å²) < 4.78 is 14.1. The first kappa shape index (κ1) is 17.9. The van der Waals surface area contributed by atoms with Crippen molar-refractivity contribution < 1.29 is 9.15 Å². The number of furan rings is 1. The van der Waals surface area contributed by atoms with Crippen LogP contribution in [0.1, 0.15) is 17.1 Å². The Morgan fingerprint density at radius 3 is 2.79 bits per heavy atom. The Labute approximate surface area is 169 Å². The van der Waals surface area contributed by atoms with Crippen molar-refractivity contribution in [2.24, 2.45) is 0 Å². The van der Waals surface area contributed by atoms with Crippen molar-refractivity contribution in [1.82, 2.24) is 19.7 Å². The molecular weight excluding hydrogens is 364 g/mol. The van der Waals surface area contributed by atoms with E-state index in [0.717, 1.165) is 77.6 Å². The number of benzene rings is 2. The summed E-state index contributed by atoms with van der Waals surface area (Å²) in [5.41, 5.74) is 4.35. The zero-order chi connectivity index (χ0) is 19.8. The lowest BCUT2D eigenvalue weighted by molar-refractivity contribution is 0.266. The number of methoxy groups -OCH3 is 1. The maximum absolute atomic E-state index is 6.15. The van der Waals surface area contributed by atoms with Gasteiger partial charge in [0.15, 0.2) is 0 Å². The van der Waals surface area contributed by atoms with Crippen LogP contribution in [0.15, 0.2) is 53.2 Å². The quantitative estimate of drug-likeness (QED) is 0.528. The Hall–Kier alpha value is -3.12. The zero-order valence-corrected chi connectivity index (χ0v) is 16.8. The van der Waals surface area contributed by atoms with E-state index < -0.39 is 0 Å². The minimum atomic E-state index is 0.817. The monoisotopic (exact) mass is 388 g/mol. The molecule has 0 saturated heterocycles. The fraction of sp³-hybridized carbons (Fsp3) is 0.304. The molecule has 6 nitrogen and oxygen atoms in total. The Morgan fingerprint density at radius 1 is 1.10 bits per heavy atom. The number of nitrogens with zero attached hydrogens (tertiary/aromatic N) is 4. The van der Waals surface area contributed by atoms with E-state index in [-0.39, 0.29) is 0 Å². The smallest absolute Gasteiger partial charge is 0.135 e. The number of ether oxygens (including phenoxy) is 1. The van der Waals surface area contributed by atoms with Crippen molar-refractivity contribution in [1.29, 1.82) is 0 Å². The minimum absolute atomic E-state index is 0.817. The van der Waals surface area contributed by atoms with Gasteiger partial charge < -0.3 is 13.7 Å². The van der Waals surface area contributed by atoms with E-state index in [0.29, 0.717) is 0 Å². The van der Waals surface area contributed by atoms with Gasteiger partial charge in [0.1, 0.15) is 29.2 Å². The van der Waals surface area contributed by atoms with Crippen LogP contribution in [0.5, 0.6) is 5.75 Å². The zero-order valence-electron chi connectivity index (χ0n) is 16.8. The van der Waals surface area contributed by atoms with Crippen LogP contribution in [0.25, 0.3) is 22.1 Å². The Morgan fingerprint density at radius 2 is 1.97 bits per heavy atom. The van der Waals surface area contributed by atoms with E-state index in [1.165, 1.54) is 0 Å². The largest absolute Gasteiger partial charge is 0.496 e. The lowest BCUT2D eigenvalue weighted by atomic mass is 10.0. The van der Waals surface area contributed by atoms with Gasteiger partial charge in [0, 0.05) is 49.1 Å². The van der Waals surface area contributed by atoms with Crippen LogP contribution in [0.4, 0.5) is 0 Å². The van der Waals surface area contributed by atoms with Crippen molar-refractivity contribution in [2.45, 2.75) is 26.4 Å². The number of hydrogen-bond acceptors (Lipinski definition) is 5. The molecule has 0 bridgehead atoms. The molecule has 2 aromatic heterocycles. The number of rotatable bonds is 4. The molecule has 0 radical (unpaired) electrons. The lowest BCUT2D eigenvalue weighted by Crippen LogP contribution is -2.26. The molecular formula is C23H24N4O2. The summed E-state index contributed by atoms with van der Waals surface area (Å²) in [7, 11) is 1.74. The van der Waals surface area contributed by atoms with Crippen LogP contribution in [-0.2, 0) is 19.5 Å². The summed E-state index contributed by atoms with van der Waals surface area (Å²) in [5, 5.41) is 9.33. The van der Waals surface area contributed by atoms with Gasteiger partial charge in [0.05, 0.1) is 7.11 Å². The average molecular weight is 388 g/mol. The third-order valence-electron chi connectivity index (χ3n) is 5.73. The molecule has 29 heavy (non-hydrogen) atoms. The molecule has 3 heterocycles. The highest BCUT2D eigenvalue weighted by Gasteiger charge is 2.20. The Balaban J connectivity index is 1.48. The van der Waals surface area contributed by atoms with Crippen molar-refractivity contribution in [3.05, 3.63) is 65.9 Å². The molecule has 1 aliphatic rings. The first-order valence-corrected chi connectivity index (χ1v) is 9.97. The summed E-state index contributed by atoms with van der Waals surface area (Å²) in [4.78, 5) is 2.44. The van der Waals surface area contributed by atoms with E-state index in [4.69, 9.17) is 9.15 Å². The van der Waals surface area contributed by atoms with E-state index in [2.05, 4.69) is 56.1 Å². The summed E-state index contributed by atoms with van der Waals surface area (Å²) in [6.45, 7) is 5.66. The highest BCUT2D eigenvalue weighted by Crippen LogP contribution is 2.38. The topological polar surface area (TPSA) is 56.3 Å². The van der Waals surface area contributed by atoms with Crippen LogP contribution in [0.3, 0.4) is 0 Å². The van der Waals surface area contributed by atoms with Gasteiger partial charge in [-0.1, -0.05) is 30.3 Å². The second kappa shape index (κ2) is 7.37. The third kappa shape index (κ3) is 3.29. The molecule has 6 heteroatoms. The molecule has 0 amide bonds. The van der Waals surface area contributed by atoms with Crippen LogP contribution >= 0.6 is 0 Å². The van der Waals surface area contributed by atoms with Crippen molar-refractivity contribution in [3.63, 3.8) is 0 Å². The van der Waals surface area contributed by atoms with E-state index in [1.54, 1.807) is 7.11 Å². The molecule has 4 aromatic rings. The number of aromatic nitrogens is 3. The molecule has 0 unspecified atom stereocenters. The van der Waals surface area contributed by atoms with Gasteiger partial charge in [0.25, 0.3) is 0 Å². The SMILES string of the molecule is COc1cc2c(-c3ccccc3)c(C)oc2cc1CN1CCc2nncn2CC1. The molecule has 5 rings (SSSR count). The van der Waals surface area contributed by atoms with Crippen molar-refractivity contribution >= 4 is 11.0 Å². The van der Waals surface area contributed by atoms with E-state index >= 15 is 0 Å². The lowest BCUT2D eigenvalue weighted by Gasteiger charge is -2.21. The summed E-state index contributed by atoms with van der Waals surface area (Å²) in [6, 6.07) is 14.6. The molecule has 148 valence electrons. The summed E-state index contributed by atoms with van der Waals surface area (Å²) in [5.74, 6) is 2.89. The highest BCUT2D eigenvalue weighted by atomic mass is 16.5. The van der Waals surface area contributed by atoms with Gasteiger partial charge in [0.2, 0.25) is 0 Å². The standard InChI is InChI=1S/C23H24N4O2/c1-16-23(17-6-4-3-5-7-17)19-13-20(28-2)18(12-21(19)29-16)14-26-9-8-22-25-24-15-27(22)11-10-26/h3-7,12-13,15H,8-11,14H2,1-2H3. The van der Waals surface area contributed by atoms with Crippen molar-refractivity contribution in [3.8, 4) is 16.9 Å². The predicted octanol–water partition coefficient (Wildman–Crippen LogP) is 4.07. The Kier molecular flexibility index (Phi) is 4.56. The molecule has 0 saturated carbocycles. The van der Waals surface area contributed by atoms with Crippen LogP contribution in [-0.4, -0.2) is 39.9 Å². The second-order valence-corrected chi connectivity index (χ2v) is 7.53. The maximum atomic E-state index is 6.15. The number of fused-ring (bicyclic) bond motifs is 2. The summed E-state index contributed by atoms with van der Waals surface area (Å²) >= 11 is 0. The van der Waals surface area contributed by atoms with Crippen LogP contribution < -0.4 is 4.74 Å². The van der Waals surface area contributed by atoms with Gasteiger partial charge in [-0.25, -0.2) is 0 Å². The first-order chi connectivity index (χ1) is 14.2. The van der Waals surface area contributed by atoms with Gasteiger partial charge >= 0.3 is 0 Å². The molecule has 0 aliphatic carbocycles. The molecule has 0 spiro atoms. The summed E-state index contributed by atoms with van der Waals surface area (Å²) in [6.07, 6.45) is 2.73. The van der Waals surface area contributed by atoms with E-state index in [1.807, 2.05) is 19.3 Å². The first-order valence-electron chi connectivity index (χ1n) is 9.97.